The number of hydrogen-bond acceptors (Lipinski definition) is 2. The molecule has 2 rings (SSSR count). The molecule has 0 radical (unpaired) electrons. The number of carbonyl (C=O) groups excluding carboxylic acids is 2. The van der Waals surface area contributed by atoms with Gasteiger partial charge in [-0.2, -0.15) is 0 Å². The summed E-state index contributed by atoms with van der Waals surface area (Å²) in [6, 6.07) is 0. The summed E-state index contributed by atoms with van der Waals surface area (Å²) in [5, 5.41) is 0. The standard InChI is InChI=1S/C10H11NO2/c1-6-2-8-10(9(13)3-6)7(5-12)4-11-8/h4-6,11H,2-3H2,1H3. The molecule has 0 fully saturated rings. The minimum atomic E-state index is 0.0945. The molecule has 0 aromatic carbocycles. The lowest BCUT2D eigenvalue weighted by Crippen LogP contribution is -2.17. The third-order valence-corrected chi connectivity index (χ3v) is 2.48. The number of aromatic nitrogens is 1. The Bertz CT molecular complexity index is 365. The van der Waals surface area contributed by atoms with E-state index in [0.29, 0.717) is 23.5 Å². The summed E-state index contributed by atoms with van der Waals surface area (Å²) in [4.78, 5) is 25.1. The predicted octanol–water partition coefficient (Wildman–Crippen LogP) is 1.59. The van der Waals surface area contributed by atoms with Gasteiger partial charge in [0.05, 0.1) is 0 Å². The number of nitrogens with one attached hydrogen (secondary N) is 1. The predicted molar refractivity (Wildman–Crippen MR) is 48.0 cm³/mol. The van der Waals surface area contributed by atoms with Gasteiger partial charge in [0.2, 0.25) is 0 Å². The first kappa shape index (κ1) is 8.23. The normalized spacial score (nSPS) is 21.3. The molecule has 0 aliphatic heterocycles. The van der Waals surface area contributed by atoms with Crippen molar-refractivity contribution in [2.24, 2.45) is 5.92 Å². The van der Waals surface area contributed by atoms with E-state index in [1.807, 2.05) is 6.92 Å². The van der Waals surface area contributed by atoms with Crippen molar-refractivity contribution in [1.82, 2.24) is 4.98 Å². The third kappa shape index (κ3) is 1.20. The maximum atomic E-state index is 11.6. The molecular formula is C10H11NO2. The number of Topliss-reactive ketones (excluding diaryl/α,β-unsaturated/α-hetero) is 1. The lowest BCUT2D eigenvalue weighted by Gasteiger charge is -2.16. The van der Waals surface area contributed by atoms with Gasteiger partial charge in [-0.1, -0.05) is 6.92 Å². The fourth-order valence-electron chi connectivity index (χ4n) is 1.91. The maximum absolute atomic E-state index is 11.6. The highest BCUT2D eigenvalue weighted by Crippen LogP contribution is 2.26. The Labute approximate surface area is 76.1 Å². The number of hydrogen-bond donors (Lipinski definition) is 1. The molecule has 0 amide bonds. The summed E-state index contributed by atoms with van der Waals surface area (Å²) in [6.07, 6.45) is 3.79. The van der Waals surface area contributed by atoms with Crippen LogP contribution in [0.1, 0.15) is 39.8 Å². The average molecular weight is 177 g/mol. The van der Waals surface area contributed by atoms with E-state index in [2.05, 4.69) is 4.98 Å². The molecule has 1 aliphatic rings. The van der Waals surface area contributed by atoms with Crippen LogP contribution in [0.5, 0.6) is 0 Å². The highest BCUT2D eigenvalue weighted by Gasteiger charge is 2.25. The Kier molecular flexibility index (Phi) is 1.79. The molecule has 0 saturated heterocycles. The molecule has 1 atom stereocenters. The lowest BCUT2D eigenvalue weighted by atomic mass is 9.87. The number of rotatable bonds is 1. The van der Waals surface area contributed by atoms with E-state index in [0.717, 1.165) is 18.4 Å². The van der Waals surface area contributed by atoms with E-state index in [9.17, 15) is 9.59 Å². The number of carbonyl (C=O) groups is 2. The Balaban J connectivity index is 2.52. The van der Waals surface area contributed by atoms with Gasteiger partial charge in [-0.15, -0.1) is 0 Å². The van der Waals surface area contributed by atoms with Crippen molar-refractivity contribution < 1.29 is 9.59 Å². The zero-order chi connectivity index (χ0) is 9.42. The highest BCUT2D eigenvalue weighted by molar-refractivity contribution is 6.04. The second-order valence-electron chi connectivity index (χ2n) is 3.65. The lowest BCUT2D eigenvalue weighted by molar-refractivity contribution is 0.0947. The van der Waals surface area contributed by atoms with Crippen molar-refractivity contribution in [2.45, 2.75) is 19.8 Å². The van der Waals surface area contributed by atoms with E-state index in [1.54, 1.807) is 6.20 Å². The van der Waals surface area contributed by atoms with Crippen LogP contribution in [0, 0.1) is 5.92 Å². The van der Waals surface area contributed by atoms with Gasteiger partial charge < -0.3 is 4.98 Å². The number of H-pyrrole nitrogens is 1. The molecule has 0 saturated carbocycles. The Morgan fingerprint density at radius 1 is 1.54 bits per heavy atom. The summed E-state index contributed by atoms with van der Waals surface area (Å²) in [7, 11) is 0. The first-order valence-corrected chi connectivity index (χ1v) is 4.41. The molecule has 1 aliphatic carbocycles. The highest BCUT2D eigenvalue weighted by atomic mass is 16.1. The van der Waals surface area contributed by atoms with Crippen LogP contribution in [0.2, 0.25) is 0 Å². The number of aldehydes is 1. The summed E-state index contributed by atoms with van der Waals surface area (Å²) >= 11 is 0. The van der Waals surface area contributed by atoms with Crippen molar-refractivity contribution >= 4 is 12.1 Å². The smallest absolute Gasteiger partial charge is 0.165 e. The molecule has 13 heavy (non-hydrogen) atoms. The van der Waals surface area contributed by atoms with Crippen molar-refractivity contribution in [3.8, 4) is 0 Å². The van der Waals surface area contributed by atoms with E-state index in [1.165, 1.54) is 0 Å². The average Bonchev–Trinajstić information content (AvgIpc) is 2.47. The molecule has 1 N–H and O–H groups in total. The van der Waals surface area contributed by atoms with Crippen LogP contribution >= 0.6 is 0 Å². The minimum Gasteiger partial charge on any atom is -0.364 e. The summed E-state index contributed by atoms with van der Waals surface area (Å²) in [5.74, 6) is 0.482. The van der Waals surface area contributed by atoms with Gasteiger partial charge in [0.25, 0.3) is 0 Å². The molecule has 0 bridgehead atoms. The van der Waals surface area contributed by atoms with Crippen LogP contribution in [-0.4, -0.2) is 17.1 Å². The zero-order valence-electron chi connectivity index (χ0n) is 7.46. The van der Waals surface area contributed by atoms with Crippen LogP contribution in [0.15, 0.2) is 6.20 Å². The minimum absolute atomic E-state index is 0.0945. The van der Waals surface area contributed by atoms with E-state index in [-0.39, 0.29) is 5.78 Å². The maximum Gasteiger partial charge on any atom is 0.165 e. The van der Waals surface area contributed by atoms with Crippen molar-refractivity contribution in [1.29, 1.82) is 0 Å². The van der Waals surface area contributed by atoms with E-state index >= 15 is 0 Å². The second-order valence-corrected chi connectivity index (χ2v) is 3.65. The SMILES string of the molecule is CC1CC(=O)c2c(C=O)c[nH]c2C1. The van der Waals surface area contributed by atoms with Crippen molar-refractivity contribution in [3.63, 3.8) is 0 Å². The Morgan fingerprint density at radius 3 is 3.00 bits per heavy atom. The molecule has 1 unspecified atom stereocenters. The van der Waals surface area contributed by atoms with Crippen molar-refractivity contribution in [2.75, 3.05) is 0 Å². The van der Waals surface area contributed by atoms with Gasteiger partial charge >= 0.3 is 0 Å². The fourth-order valence-corrected chi connectivity index (χ4v) is 1.91. The Morgan fingerprint density at radius 2 is 2.31 bits per heavy atom. The molecule has 3 nitrogen and oxygen atoms in total. The van der Waals surface area contributed by atoms with Gasteiger partial charge in [0.15, 0.2) is 12.1 Å². The first-order chi connectivity index (χ1) is 6.22. The fraction of sp³-hybridized carbons (Fsp3) is 0.400. The van der Waals surface area contributed by atoms with Gasteiger partial charge in [0, 0.05) is 29.4 Å². The van der Waals surface area contributed by atoms with Crippen molar-refractivity contribution in [3.05, 3.63) is 23.0 Å². The first-order valence-electron chi connectivity index (χ1n) is 4.41. The number of fused-ring (bicyclic) bond motifs is 1. The molecule has 1 aromatic heterocycles. The monoisotopic (exact) mass is 177 g/mol. The van der Waals surface area contributed by atoms with Crippen LogP contribution < -0.4 is 0 Å². The van der Waals surface area contributed by atoms with Gasteiger partial charge in [0.1, 0.15) is 0 Å². The van der Waals surface area contributed by atoms with Gasteiger partial charge in [-0.05, 0) is 12.3 Å². The summed E-state index contributed by atoms with van der Waals surface area (Å²) < 4.78 is 0. The van der Waals surface area contributed by atoms with E-state index in [4.69, 9.17) is 0 Å². The molecule has 3 heteroatoms. The third-order valence-electron chi connectivity index (χ3n) is 2.48. The van der Waals surface area contributed by atoms with Gasteiger partial charge in [-0.3, -0.25) is 9.59 Å². The van der Waals surface area contributed by atoms with E-state index < -0.39 is 0 Å². The Hall–Kier alpha value is -1.38. The number of aromatic amines is 1. The molecule has 68 valence electrons. The molecule has 1 aromatic rings. The molecule has 0 spiro atoms. The summed E-state index contributed by atoms with van der Waals surface area (Å²) in [5.41, 5.74) is 2.05. The molecule has 1 heterocycles. The zero-order valence-corrected chi connectivity index (χ0v) is 7.46. The molecular weight excluding hydrogens is 166 g/mol. The topological polar surface area (TPSA) is 49.9 Å². The second kappa shape index (κ2) is 2.83. The quantitative estimate of drug-likeness (QED) is 0.662. The van der Waals surface area contributed by atoms with Crippen LogP contribution in [0.3, 0.4) is 0 Å². The largest absolute Gasteiger partial charge is 0.364 e. The van der Waals surface area contributed by atoms with Crippen LogP contribution in [0.25, 0.3) is 0 Å². The van der Waals surface area contributed by atoms with Gasteiger partial charge in [-0.25, -0.2) is 0 Å². The number of ketones is 1. The van der Waals surface area contributed by atoms with Crippen LogP contribution in [-0.2, 0) is 6.42 Å². The summed E-state index contributed by atoms with van der Waals surface area (Å²) in [6.45, 7) is 2.04. The van der Waals surface area contributed by atoms with Crippen LogP contribution in [0.4, 0.5) is 0 Å².